The van der Waals surface area contributed by atoms with E-state index in [1.165, 1.54) is 0 Å². The number of sulfone groups is 1. The number of nitrogens with two attached hydrogens (primary N) is 1. The third kappa shape index (κ3) is 6.44. The summed E-state index contributed by atoms with van der Waals surface area (Å²) in [6.07, 6.45) is -4.18. The van der Waals surface area contributed by atoms with Crippen molar-refractivity contribution >= 4 is 20.6 Å². The van der Waals surface area contributed by atoms with Crippen molar-refractivity contribution in [3.05, 3.63) is 0 Å². The van der Waals surface area contributed by atoms with E-state index in [1.54, 1.807) is 0 Å². The summed E-state index contributed by atoms with van der Waals surface area (Å²) in [6, 6.07) is 0. The Hall–Kier alpha value is -0.150. The first-order valence-electron chi connectivity index (χ1n) is 4.39. The number of hydrogen-bond acceptors (Lipinski definition) is 4. The Morgan fingerprint density at radius 1 is 1.38 bits per heavy atom. The molecule has 0 spiro atoms. The largest absolute Gasteiger partial charge is 0.403 e. The summed E-state index contributed by atoms with van der Waals surface area (Å²) in [5.41, 5.74) is 4.99. The average Bonchev–Trinajstić information content (AvgIpc) is 2.07. The van der Waals surface area contributed by atoms with Gasteiger partial charge >= 0.3 is 6.18 Å². The van der Waals surface area contributed by atoms with Crippen LogP contribution in [0.25, 0.3) is 0 Å². The zero-order chi connectivity index (χ0) is 13.0. The summed E-state index contributed by atoms with van der Waals surface area (Å²) in [4.78, 5) is 0. The molecule has 2 atom stereocenters. The molecule has 0 aliphatic rings. The molecule has 0 rings (SSSR count). The van der Waals surface area contributed by atoms with E-state index in [2.05, 4.69) is 0 Å². The van der Waals surface area contributed by atoms with Gasteiger partial charge in [-0.2, -0.15) is 13.2 Å². The van der Waals surface area contributed by atoms with Crippen LogP contribution in [-0.2, 0) is 20.6 Å². The van der Waals surface area contributed by atoms with E-state index in [9.17, 15) is 25.8 Å². The predicted octanol–water partition coefficient (Wildman–Crippen LogP) is 0.0594. The molecule has 0 aromatic heterocycles. The molecule has 2 unspecified atom stereocenters. The van der Waals surface area contributed by atoms with Crippen molar-refractivity contribution in [2.45, 2.75) is 17.8 Å². The molecule has 0 aromatic rings. The second-order valence-corrected chi connectivity index (χ2v) is 7.32. The second-order valence-electron chi connectivity index (χ2n) is 3.32. The molecular weight excluding hydrogens is 267 g/mol. The summed E-state index contributed by atoms with van der Waals surface area (Å²) < 4.78 is 69.9. The molecule has 0 aliphatic carbocycles. The topological polar surface area (TPSA) is 77.2 Å². The Morgan fingerprint density at radius 3 is 2.19 bits per heavy atom. The summed E-state index contributed by atoms with van der Waals surface area (Å²) >= 11 is 0. The Balaban J connectivity index is 4.52. The fourth-order valence-corrected chi connectivity index (χ4v) is 3.82. The second kappa shape index (κ2) is 5.97. The zero-order valence-electron chi connectivity index (χ0n) is 8.66. The quantitative estimate of drug-likeness (QED) is 0.747. The van der Waals surface area contributed by atoms with Gasteiger partial charge in [0.15, 0.2) is 0 Å². The first kappa shape index (κ1) is 15.9. The lowest BCUT2D eigenvalue weighted by molar-refractivity contribution is -0.130. The highest BCUT2D eigenvalue weighted by Crippen LogP contribution is 2.26. The van der Waals surface area contributed by atoms with E-state index in [1.807, 2.05) is 0 Å². The minimum atomic E-state index is -4.61. The maximum absolute atomic E-state index is 12.4. The van der Waals surface area contributed by atoms with Gasteiger partial charge in [0, 0.05) is 22.8 Å². The molecule has 4 nitrogen and oxygen atoms in total. The van der Waals surface area contributed by atoms with Crippen LogP contribution in [0, 0.1) is 0 Å². The van der Waals surface area contributed by atoms with Crippen LogP contribution < -0.4 is 5.73 Å². The molecule has 0 heterocycles. The van der Waals surface area contributed by atoms with E-state index in [0.29, 0.717) is 0 Å². The Bertz CT molecular complexity index is 339. The molecule has 9 heteroatoms. The molecule has 0 fully saturated rings. The van der Waals surface area contributed by atoms with Crippen LogP contribution in [0.1, 0.15) is 6.42 Å². The first-order valence-corrected chi connectivity index (χ1v) is 7.84. The van der Waals surface area contributed by atoms with Gasteiger partial charge in [-0.15, -0.1) is 0 Å². The lowest BCUT2D eigenvalue weighted by atomic mass is 10.3. The number of rotatable bonds is 6. The van der Waals surface area contributed by atoms with Crippen molar-refractivity contribution in [3.8, 4) is 0 Å². The van der Waals surface area contributed by atoms with Crippen LogP contribution in [0.2, 0.25) is 0 Å². The van der Waals surface area contributed by atoms with Gasteiger partial charge in [0.05, 0.1) is 5.75 Å². The molecular formula is C7H14F3NO3S2. The lowest BCUT2D eigenvalue weighted by Gasteiger charge is -2.18. The standard InChI is InChI=1S/C7H14F3NO3S2/c1-16(13,14)5-4-15(12)6(2-3-11)7(8,9)10/h6H,2-5,11H2,1H3. The van der Waals surface area contributed by atoms with Crippen LogP contribution in [0.15, 0.2) is 0 Å². The van der Waals surface area contributed by atoms with Crippen LogP contribution in [0.5, 0.6) is 0 Å². The average molecular weight is 281 g/mol. The molecule has 0 amide bonds. The van der Waals surface area contributed by atoms with E-state index in [0.717, 1.165) is 6.26 Å². The minimum Gasteiger partial charge on any atom is -0.330 e. The third-order valence-corrected chi connectivity index (χ3v) is 4.71. The maximum atomic E-state index is 12.4. The first-order chi connectivity index (χ1) is 7.08. The van der Waals surface area contributed by atoms with Gasteiger partial charge in [-0.3, -0.25) is 4.21 Å². The monoisotopic (exact) mass is 281 g/mol. The van der Waals surface area contributed by atoms with E-state index >= 15 is 0 Å². The molecule has 0 radical (unpaired) electrons. The Kier molecular flexibility index (Phi) is 5.91. The Labute approximate surface area is 94.8 Å². The molecule has 0 saturated carbocycles. The molecule has 16 heavy (non-hydrogen) atoms. The van der Waals surface area contributed by atoms with Crippen molar-refractivity contribution in [2.24, 2.45) is 5.73 Å². The summed E-state index contributed by atoms with van der Waals surface area (Å²) in [7, 11) is -5.66. The van der Waals surface area contributed by atoms with Crippen molar-refractivity contribution in [2.75, 3.05) is 24.3 Å². The van der Waals surface area contributed by atoms with Gasteiger partial charge in [-0.05, 0) is 13.0 Å². The van der Waals surface area contributed by atoms with E-state index in [-0.39, 0.29) is 6.54 Å². The number of alkyl halides is 3. The highest BCUT2D eigenvalue weighted by molar-refractivity contribution is 7.92. The van der Waals surface area contributed by atoms with E-state index < -0.39 is 50.0 Å². The van der Waals surface area contributed by atoms with Crippen molar-refractivity contribution < 1.29 is 25.8 Å². The van der Waals surface area contributed by atoms with Crippen LogP contribution in [-0.4, -0.2) is 48.4 Å². The van der Waals surface area contributed by atoms with Gasteiger partial charge in [0.1, 0.15) is 15.1 Å². The van der Waals surface area contributed by atoms with Gasteiger partial charge in [-0.1, -0.05) is 0 Å². The molecule has 98 valence electrons. The van der Waals surface area contributed by atoms with Gasteiger partial charge < -0.3 is 5.73 Å². The molecule has 0 bridgehead atoms. The van der Waals surface area contributed by atoms with Crippen LogP contribution in [0.3, 0.4) is 0 Å². The predicted molar refractivity (Wildman–Crippen MR) is 56.2 cm³/mol. The van der Waals surface area contributed by atoms with Crippen LogP contribution >= 0.6 is 0 Å². The number of hydrogen-bond donors (Lipinski definition) is 1. The van der Waals surface area contributed by atoms with Crippen molar-refractivity contribution in [3.63, 3.8) is 0 Å². The molecule has 2 N–H and O–H groups in total. The van der Waals surface area contributed by atoms with Gasteiger partial charge in [0.2, 0.25) is 0 Å². The lowest BCUT2D eigenvalue weighted by Crippen LogP contribution is -2.37. The summed E-state index contributed by atoms with van der Waals surface area (Å²) in [5, 5.41) is -2.04. The molecule has 0 aromatic carbocycles. The minimum absolute atomic E-state index is 0.241. The fraction of sp³-hybridized carbons (Fsp3) is 1.00. The van der Waals surface area contributed by atoms with Gasteiger partial charge in [-0.25, -0.2) is 8.42 Å². The third-order valence-electron chi connectivity index (χ3n) is 1.77. The molecule has 0 aliphatic heterocycles. The van der Waals surface area contributed by atoms with Crippen LogP contribution in [0.4, 0.5) is 13.2 Å². The summed E-state index contributed by atoms with van der Waals surface area (Å²) in [6.45, 7) is -0.241. The zero-order valence-corrected chi connectivity index (χ0v) is 10.3. The normalized spacial score (nSPS) is 17.1. The number of halogens is 3. The fourth-order valence-electron chi connectivity index (χ4n) is 0.971. The maximum Gasteiger partial charge on any atom is 0.403 e. The van der Waals surface area contributed by atoms with Crippen molar-refractivity contribution in [1.29, 1.82) is 0 Å². The SMILES string of the molecule is CS(=O)(=O)CCS(=O)C(CCN)C(F)(F)F. The molecule has 0 saturated heterocycles. The van der Waals surface area contributed by atoms with Crippen molar-refractivity contribution in [1.82, 2.24) is 0 Å². The smallest absolute Gasteiger partial charge is 0.330 e. The highest BCUT2D eigenvalue weighted by Gasteiger charge is 2.43. The summed E-state index contributed by atoms with van der Waals surface area (Å²) in [5.74, 6) is -1.03. The Morgan fingerprint density at radius 2 is 1.88 bits per heavy atom. The van der Waals surface area contributed by atoms with Gasteiger partial charge in [0.25, 0.3) is 0 Å². The van der Waals surface area contributed by atoms with E-state index in [4.69, 9.17) is 5.73 Å². The highest BCUT2D eigenvalue weighted by atomic mass is 32.2.